The molecule has 0 aromatic carbocycles. The number of nitrogens with two attached hydrogens (primary N) is 1. The molecular formula is C6H11N3O2S. The SMILES string of the molecule is NCCNS(=O)(=O)c1cc[nH]c1. The van der Waals surface area contributed by atoms with Crippen LogP contribution in [0.3, 0.4) is 0 Å². The summed E-state index contributed by atoms with van der Waals surface area (Å²) in [5.74, 6) is 0. The number of nitrogens with one attached hydrogen (secondary N) is 2. The van der Waals surface area contributed by atoms with E-state index in [-0.39, 0.29) is 11.4 Å². The zero-order valence-electron chi connectivity index (χ0n) is 6.45. The van der Waals surface area contributed by atoms with Gasteiger partial charge in [-0.2, -0.15) is 0 Å². The number of rotatable bonds is 4. The van der Waals surface area contributed by atoms with E-state index in [4.69, 9.17) is 5.73 Å². The van der Waals surface area contributed by atoms with Gasteiger partial charge in [0.05, 0.1) is 4.90 Å². The van der Waals surface area contributed by atoms with Crippen molar-refractivity contribution in [3.63, 3.8) is 0 Å². The van der Waals surface area contributed by atoms with E-state index in [2.05, 4.69) is 9.71 Å². The second-order valence-electron chi connectivity index (χ2n) is 2.23. The molecule has 0 bridgehead atoms. The van der Waals surface area contributed by atoms with Crippen LogP contribution in [-0.4, -0.2) is 26.5 Å². The van der Waals surface area contributed by atoms with E-state index >= 15 is 0 Å². The summed E-state index contributed by atoms with van der Waals surface area (Å²) in [7, 11) is -3.34. The molecule has 0 aliphatic rings. The standard InChI is InChI=1S/C6H11N3O2S/c7-2-4-9-12(10,11)6-1-3-8-5-6/h1,3,5,8-9H,2,4,7H2. The first kappa shape index (κ1) is 9.24. The Morgan fingerprint density at radius 2 is 2.33 bits per heavy atom. The van der Waals surface area contributed by atoms with Crippen molar-refractivity contribution >= 4 is 10.0 Å². The number of hydrogen-bond donors (Lipinski definition) is 3. The Kier molecular flexibility index (Phi) is 2.85. The maximum atomic E-state index is 11.3. The average Bonchev–Trinajstić information content (AvgIpc) is 2.53. The Morgan fingerprint density at radius 3 is 2.83 bits per heavy atom. The lowest BCUT2D eigenvalue weighted by atomic mass is 10.7. The van der Waals surface area contributed by atoms with Gasteiger partial charge in [0.1, 0.15) is 0 Å². The van der Waals surface area contributed by atoms with Crippen molar-refractivity contribution < 1.29 is 8.42 Å². The third-order valence-electron chi connectivity index (χ3n) is 1.32. The normalized spacial score (nSPS) is 11.8. The minimum absolute atomic E-state index is 0.232. The highest BCUT2D eigenvalue weighted by molar-refractivity contribution is 7.89. The summed E-state index contributed by atoms with van der Waals surface area (Å²) >= 11 is 0. The van der Waals surface area contributed by atoms with Crippen molar-refractivity contribution in [3.05, 3.63) is 18.5 Å². The van der Waals surface area contributed by atoms with Crippen LogP contribution in [-0.2, 0) is 10.0 Å². The fourth-order valence-corrected chi connectivity index (χ4v) is 1.78. The van der Waals surface area contributed by atoms with Crippen molar-refractivity contribution in [1.82, 2.24) is 9.71 Å². The summed E-state index contributed by atoms with van der Waals surface area (Å²) < 4.78 is 24.9. The van der Waals surface area contributed by atoms with Gasteiger partial charge in [-0.1, -0.05) is 0 Å². The highest BCUT2D eigenvalue weighted by Crippen LogP contribution is 2.04. The summed E-state index contributed by atoms with van der Waals surface area (Å²) in [5, 5.41) is 0. The van der Waals surface area contributed by atoms with Gasteiger partial charge >= 0.3 is 0 Å². The molecule has 0 saturated carbocycles. The second kappa shape index (κ2) is 3.70. The van der Waals surface area contributed by atoms with Gasteiger partial charge in [-0.25, -0.2) is 13.1 Å². The molecule has 0 fully saturated rings. The van der Waals surface area contributed by atoms with Gasteiger partial charge in [0.15, 0.2) is 0 Å². The fourth-order valence-electron chi connectivity index (χ4n) is 0.752. The first-order valence-electron chi connectivity index (χ1n) is 3.49. The average molecular weight is 189 g/mol. The van der Waals surface area contributed by atoms with Gasteiger partial charge in [0, 0.05) is 25.5 Å². The van der Waals surface area contributed by atoms with Crippen molar-refractivity contribution in [1.29, 1.82) is 0 Å². The Hall–Kier alpha value is -0.850. The molecule has 0 radical (unpaired) electrons. The van der Waals surface area contributed by atoms with Crippen LogP contribution in [0.25, 0.3) is 0 Å². The zero-order chi connectivity index (χ0) is 9.03. The predicted molar refractivity (Wildman–Crippen MR) is 45.0 cm³/mol. The lowest BCUT2D eigenvalue weighted by Gasteiger charge is -2.01. The Bertz CT molecular complexity index is 317. The van der Waals surface area contributed by atoms with Crippen LogP contribution in [0.5, 0.6) is 0 Å². The molecular weight excluding hydrogens is 178 g/mol. The first-order chi connectivity index (χ1) is 5.67. The van der Waals surface area contributed by atoms with Crippen LogP contribution in [0, 0.1) is 0 Å². The third-order valence-corrected chi connectivity index (χ3v) is 2.77. The van der Waals surface area contributed by atoms with E-state index in [1.54, 1.807) is 6.20 Å². The zero-order valence-corrected chi connectivity index (χ0v) is 7.26. The molecule has 1 heterocycles. The van der Waals surface area contributed by atoms with E-state index in [0.29, 0.717) is 6.54 Å². The maximum Gasteiger partial charge on any atom is 0.242 e. The van der Waals surface area contributed by atoms with E-state index in [1.807, 2.05) is 0 Å². The van der Waals surface area contributed by atoms with Crippen LogP contribution in [0.1, 0.15) is 0 Å². The molecule has 4 N–H and O–H groups in total. The van der Waals surface area contributed by atoms with Crippen LogP contribution in [0.15, 0.2) is 23.4 Å². The number of aromatic amines is 1. The summed E-state index contributed by atoms with van der Waals surface area (Å²) in [6, 6.07) is 1.48. The molecule has 1 aromatic heterocycles. The predicted octanol–water partition coefficient (Wildman–Crippen LogP) is -0.748. The highest BCUT2D eigenvalue weighted by Gasteiger charge is 2.11. The second-order valence-corrected chi connectivity index (χ2v) is 4.00. The Labute approximate surface area is 71.0 Å². The van der Waals surface area contributed by atoms with E-state index in [1.165, 1.54) is 12.3 Å². The van der Waals surface area contributed by atoms with Crippen molar-refractivity contribution in [3.8, 4) is 0 Å². The number of aromatic nitrogens is 1. The molecule has 5 nitrogen and oxygen atoms in total. The highest BCUT2D eigenvalue weighted by atomic mass is 32.2. The molecule has 6 heteroatoms. The summed E-state index contributed by atoms with van der Waals surface area (Å²) in [6.07, 6.45) is 2.97. The van der Waals surface area contributed by atoms with Gasteiger partial charge in [-0.05, 0) is 6.07 Å². The number of hydrogen-bond acceptors (Lipinski definition) is 3. The van der Waals surface area contributed by atoms with Crippen LogP contribution in [0.4, 0.5) is 0 Å². The van der Waals surface area contributed by atoms with Crippen molar-refractivity contribution in [2.24, 2.45) is 5.73 Å². The summed E-state index contributed by atoms with van der Waals surface area (Å²) in [5.41, 5.74) is 5.15. The Balaban J connectivity index is 2.74. The lowest BCUT2D eigenvalue weighted by molar-refractivity contribution is 0.582. The minimum atomic E-state index is -3.34. The Morgan fingerprint density at radius 1 is 1.58 bits per heavy atom. The summed E-state index contributed by atoms with van der Waals surface area (Å²) in [4.78, 5) is 2.89. The topological polar surface area (TPSA) is 88.0 Å². The molecule has 0 amide bonds. The molecule has 68 valence electrons. The van der Waals surface area contributed by atoms with Gasteiger partial charge in [-0.3, -0.25) is 0 Å². The van der Waals surface area contributed by atoms with Crippen LogP contribution >= 0.6 is 0 Å². The van der Waals surface area contributed by atoms with Gasteiger partial charge in [0.25, 0.3) is 0 Å². The molecule has 1 rings (SSSR count). The quantitative estimate of drug-likeness (QED) is 0.582. The van der Waals surface area contributed by atoms with Gasteiger partial charge in [0.2, 0.25) is 10.0 Å². The minimum Gasteiger partial charge on any atom is -0.366 e. The molecule has 12 heavy (non-hydrogen) atoms. The molecule has 0 aliphatic heterocycles. The smallest absolute Gasteiger partial charge is 0.242 e. The van der Waals surface area contributed by atoms with Crippen LogP contribution in [0.2, 0.25) is 0 Å². The third kappa shape index (κ3) is 2.07. The van der Waals surface area contributed by atoms with E-state index in [9.17, 15) is 8.42 Å². The first-order valence-corrected chi connectivity index (χ1v) is 4.97. The number of H-pyrrole nitrogens is 1. The monoisotopic (exact) mass is 189 g/mol. The molecule has 0 saturated heterocycles. The molecule has 0 unspecified atom stereocenters. The largest absolute Gasteiger partial charge is 0.366 e. The molecule has 0 aliphatic carbocycles. The molecule has 1 aromatic rings. The maximum absolute atomic E-state index is 11.3. The van der Waals surface area contributed by atoms with Crippen molar-refractivity contribution in [2.45, 2.75) is 4.90 Å². The lowest BCUT2D eigenvalue weighted by Crippen LogP contribution is -2.28. The van der Waals surface area contributed by atoms with Crippen molar-refractivity contribution in [2.75, 3.05) is 13.1 Å². The number of sulfonamides is 1. The van der Waals surface area contributed by atoms with E-state index < -0.39 is 10.0 Å². The van der Waals surface area contributed by atoms with Crippen LogP contribution < -0.4 is 10.5 Å². The fraction of sp³-hybridized carbons (Fsp3) is 0.333. The van der Waals surface area contributed by atoms with Gasteiger partial charge in [-0.15, -0.1) is 0 Å². The molecule has 0 spiro atoms. The van der Waals surface area contributed by atoms with Gasteiger partial charge < -0.3 is 10.7 Å². The molecule has 0 atom stereocenters. The summed E-state index contributed by atoms with van der Waals surface area (Å²) in [6.45, 7) is 0.553. The van der Waals surface area contributed by atoms with E-state index in [0.717, 1.165) is 0 Å².